The van der Waals surface area contributed by atoms with Gasteiger partial charge in [0, 0.05) is 11.8 Å². The van der Waals surface area contributed by atoms with Crippen molar-refractivity contribution in [1.29, 1.82) is 0 Å². The van der Waals surface area contributed by atoms with Crippen molar-refractivity contribution in [2.24, 2.45) is 0 Å². The summed E-state index contributed by atoms with van der Waals surface area (Å²) in [4.78, 5) is 7.45. The minimum atomic E-state index is -0.938. The van der Waals surface area contributed by atoms with Gasteiger partial charge in [-0.25, -0.2) is 18.7 Å². The molecule has 1 heterocycles. The molecule has 0 fully saturated rings. The first-order valence-electron chi connectivity index (χ1n) is 4.11. The van der Waals surface area contributed by atoms with Crippen LogP contribution in [0.25, 0.3) is 11.3 Å². The van der Waals surface area contributed by atoms with Crippen molar-refractivity contribution < 1.29 is 8.78 Å². The van der Waals surface area contributed by atoms with Crippen molar-refractivity contribution in [2.45, 2.75) is 0 Å². The van der Waals surface area contributed by atoms with Gasteiger partial charge in [0.1, 0.15) is 0 Å². The zero-order valence-electron chi connectivity index (χ0n) is 7.42. The second kappa shape index (κ2) is 3.90. The van der Waals surface area contributed by atoms with Crippen LogP contribution in [0.5, 0.6) is 0 Å². The highest BCUT2D eigenvalue weighted by Gasteiger charge is 2.10. The van der Waals surface area contributed by atoms with E-state index in [-0.39, 0.29) is 16.5 Å². The fourth-order valence-corrected chi connectivity index (χ4v) is 1.33. The molecule has 0 aliphatic carbocycles. The number of rotatable bonds is 1. The molecule has 0 N–H and O–H groups in total. The number of benzene rings is 1. The Bertz CT molecular complexity index is 503. The third-order valence-electron chi connectivity index (χ3n) is 1.85. The van der Waals surface area contributed by atoms with Crippen LogP contribution < -0.4 is 0 Å². The standard InChI is InChI=1S/C10H5ClF2N2/c11-10-14-5-4-8(15-10)6-2-1-3-7(12)9(6)13/h1-5H. The summed E-state index contributed by atoms with van der Waals surface area (Å²) >= 11 is 5.55. The van der Waals surface area contributed by atoms with E-state index < -0.39 is 11.6 Å². The van der Waals surface area contributed by atoms with Crippen LogP contribution in [-0.2, 0) is 0 Å². The monoisotopic (exact) mass is 226 g/mol. The molecule has 15 heavy (non-hydrogen) atoms. The van der Waals surface area contributed by atoms with Crippen LogP contribution in [0, 0.1) is 11.6 Å². The highest BCUT2D eigenvalue weighted by Crippen LogP contribution is 2.22. The van der Waals surface area contributed by atoms with Crippen LogP contribution in [0.15, 0.2) is 30.5 Å². The molecule has 2 rings (SSSR count). The summed E-state index contributed by atoms with van der Waals surface area (Å²) in [6, 6.07) is 5.34. The summed E-state index contributed by atoms with van der Waals surface area (Å²) in [5.74, 6) is -1.85. The van der Waals surface area contributed by atoms with E-state index in [1.807, 2.05) is 0 Å². The Hall–Kier alpha value is -1.55. The van der Waals surface area contributed by atoms with Gasteiger partial charge in [0.25, 0.3) is 0 Å². The third-order valence-corrected chi connectivity index (χ3v) is 2.04. The van der Waals surface area contributed by atoms with E-state index >= 15 is 0 Å². The van der Waals surface area contributed by atoms with Crippen LogP contribution >= 0.6 is 11.6 Å². The highest BCUT2D eigenvalue weighted by atomic mass is 35.5. The first kappa shape index (κ1) is 9.98. The lowest BCUT2D eigenvalue weighted by atomic mass is 10.1. The second-order valence-corrected chi connectivity index (χ2v) is 3.15. The molecule has 76 valence electrons. The lowest BCUT2D eigenvalue weighted by molar-refractivity contribution is 0.511. The maximum Gasteiger partial charge on any atom is 0.222 e. The van der Waals surface area contributed by atoms with Gasteiger partial charge < -0.3 is 0 Å². The van der Waals surface area contributed by atoms with Gasteiger partial charge in [-0.05, 0) is 29.8 Å². The Morgan fingerprint density at radius 3 is 2.67 bits per heavy atom. The molecule has 0 atom stereocenters. The van der Waals surface area contributed by atoms with Crippen LogP contribution in [0.1, 0.15) is 0 Å². The molecular formula is C10H5ClF2N2. The minimum absolute atomic E-state index is 0.00355. The number of hydrogen-bond donors (Lipinski definition) is 0. The van der Waals surface area contributed by atoms with Crippen LogP contribution in [0.2, 0.25) is 5.28 Å². The van der Waals surface area contributed by atoms with E-state index in [4.69, 9.17) is 11.6 Å². The van der Waals surface area contributed by atoms with Gasteiger partial charge in [-0.1, -0.05) is 6.07 Å². The number of nitrogens with zero attached hydrogens (tertiary/aromatic N) is 2. The largest absolute Gasteiger partial charge is 0.226 e. The van der Waals surface area contributed by atoms with Gasteiger partial charge >= 0.3 is 0 Å². The van der Waals surface area contributed by atoms with Crippen molar-refractivity contribution in [3.05, 3.63) is 47.4 Å². The molecule has 2 aromatic rings. The van der Waals surface area contributed by atoms with E-state index in [2.05, 4.69) is 9.97 Å². The van der Waals surface area contributed by atoms with E-state index in [9.17, 15) is 8.78 Å². The Labute approximate surface area is 89.6 Å². The molecule has 0 aliphatic rings. The van der Waals surface area contributed by atoms with Crippen molar-refractivity contribution in [1.82, 2.24) is 9.97 Å². The molecule has 0 bridgehead atoms. The summed E-state index contributed by atoms with van der Waals surface area (Å²) in [7, 11) is 0. The van der Waals surface area contributed by atoms with Crippen molar-refractivity contribution in [3.63, 3.8) is 0 Å². The minimum Gasteiger partial charge on any atom is -0.226 e. The molecule has 0 unspecified atom stereocenters. The number of aromatic nitrogens is 2. The molecule has 0 radical (unpaired) electrons. The van der Waals surface area contributed by atoms with Gasteiger partial charge in [-0.2, -0.15) is 0 Å². The SMILES string of the molecule is Fc1cccc(-c2ccnc(Cl)n2)c1F. The first-order chi connectivity index (χ1) is 7.18. The van der Waals surface area contributed by atoms with E-state index in [1.165, 1.54) is 24.4 Å². The van der Waals surface area contributed by atoms with Crippen LogP contribution in [0.3, 0.4) is 0 Å². The fourth-order valence-electron chi connectivity index (χ4n) is 1.19. The number of halogens is 3. The molecule has 1 aromatic heterocycles. The summed E-state index contributed by atoms with van der Waals surface area (Å²) in [6.07, 6.45) is 1.38. The Morgan fingerprint density at radius 2 is 1.93 bits per heavy atom. The zero-order chi connectivity index (χ0) is 10.8. The van der Waals surface area contributed by atoms with Gasteiger partial charge in [-0.15, -0.1) is 0 Å². The summed E-state index contributed by atoms with van der Waals surface area (Å²) in [6.45, 7) is 0. The van der Waals surface area contributed by atoms with Gasteiger partial charge in [-0.3, -0.25) is 0 Å². The van der Waals surface area contributed by atoms with Crippen molar-refractivity contribution in [3.8, 4) is 11.3 Å². The van der Waals surface area contributed by atoms with Crippen molar-refractivity contribution >= 4 is 11.6 Å². The topological polar surface area (TPSA) is 25.8 Å². The Kier molecular flexibility index (Phi) is 2.60. The molecule has 0 aliphatic heterocycles. The molecule has 0 saturated heterocycles. The van der Waals surface area contributed by atoms with Gasteiger partial charge in [0.2, 0.25) is 5.28 Å². The smallest absolute Gasteiger partial charge is 0.222 e. The summed E-state index contributed by atoms with van der Waals surface area (Å²) in [5, 5.41) is -0.00355. The summed E-state index contributed by atoms with van der Waals surface area (Å²) in [5.41, 5.74) is 0.325. The lowest BCUT2D eigenvalue weighted by Crippen LogP contribution is -1.92. The maximum atomic E-state index is 13.3. The van der Waals surface area contributed by atoms with Gasteiger partial charge in [0.15, 0.2) is 11.6 Å². The zero-order valence-corrected chi connectivity index (χ0v) is 8.17. The van der Waals surface area contributed by atoms with Crippen LogP contribution in [0.4, 0.5) is 8.78 Å². The Morgan fingerprint density at radius 1 is 1.13 bits per heavy atom. The predicted molar refractivity (Wildman–Crippen MR) is 52.4 cm³/mol. The van der Waals surface area contributed by atoms with E-state index in [0.717, 1.165) is 6.07 Å². The number of hydrogen-bond acceptors (Lipinski definition) is 2. The van der Waals surface area contributed by atoms with Crippen LogP contribution in [-0.4, -0.2) is 9.97 Å². The predicted octanol–water partition coefficient (Wildman–Crippen LogP) is 3.08. The normalized spacial score (nSPS) is 10.3. The quantitative estimate of drug-likeness (QED) is 0.699. The molecule has 5 heteroatoms. The lowest BCUT2D eigenvalue weighted by Gasteiger charge is -2.02. The third kappa shape index (κ3) is 1.94. The first-order valence-corrected chi connectivity index (χ1v) is 4.49. The van der Waals surface area contributed by atoms with E-state index in [0.29, 0.717) is 0 Å². The molecule has 0 amide bonds. The highest BCUT2D eigenvalue weighted by molar-refractivity contribution is 6.28. The summed E-state index contributed by atoms with van der Waals surface area (Å²) < 4.78 is 26.3. The molecule has 2 nitrogen and oxygen atoms in total. The molecule has 1 aromatic carbocycles. The molecule has 0 saturated carbocycles. The molecule has 0 spiro atoms. The maximum absolute atomic E-state index is 13.3. The Balaban J connectivity index is 2.59. The van der Waals surface area contributed by atoms with Gasteiger partial charge in [0.05, 0.1) is 5.69 Å². The molecular weight excluding hydrogens is 222 g/mol. The van der Waals surface area contributed by atoms with Crippen molar-refractivity contribution in [2.75, 3.05) is 0 Å². The second-order valence-electron chi connectivity index (χ2n) is 2.81. The average molecular weight is 227 g/mol. The average Bonchev–Trinajstić information content (AvgIpc) is 2.22. The fraction of sp³-hybridized carbons (Fsp3) is 0. The van der Waals surface area contributed by atoms with E-state index in [1.54, 1.807) is 0 Å².